The van der Waals surface area contributed by atoms with Gasteiger partial charge in [-0.15, -0.1) is 0 Å². The second-order valence-electron chi connectivity index (χ2n) is 4.42. The number of nitrogens with two attached hydrogens (primary N) is 1. The molecule has 2 aromatic rings. The Morgan fingerprint density at radius 3 is 2.68 bits per heavy atom. The van der Waals surface area contributed by atoms with Gasteiger partial charge in [-0.2, -0.15) is 5.10 Å². The molecule has 1 heterocycles. The van der Waals surface area contributed by atoms with Gasteiger partial charge in [0.15, 0.2) is 0 Å². The Morgan fingerprint density at radius 1 is 1.37 bits per heavy atom. The Morgan fingerprint density at radius 2 is 2.11 bits per heavy atom. The summed E-state index contributed by atoms with van der Waals surface area (Å²) in [5, 5.41) is 5.13. The lowest BCUT2D eigenvalue weighted by molar-refractivity contribution is 0.415. The van der Waals surface area contributed by atoms with E-state index in [2.05, 4.69) is 5.10 Å². The maximum absolute atomic E-state index is 6.15. The molecular formula is C14H18ClN3O. The number of rotatable bonds is 4. The van der Waals surface area contributed by atoms with E-state index >= 15 is 0 Å². The van der Waals surface area contributed by atoms with Gasteiger partial charge in [0.2, 0.25) is 0 Å². The fraction of sp³-hybridized carbons (Fsp3) is 0.357. The molecule has 5 heteroatoms. The number of nitrogens with zero attached hydrogens (tertiary/aromatic N) is 2. The lowest BCUT2D eigenvalue weighted by atomic mass is 10.1. The molecule has 2 rings (SSSR count). The summed E-state index contributed by atoms with van der Waals surface area (Å²) < 4.78 is 7.05. The lowest BCUT2D eigenvalue weighted by Crippen LogP contribution is -2.05. The fourth-order valence-corrected chi connectivity index (χ4v) is 2.47. The van der Waals surface area contributed by atoms with E-state index in [0.29, 0.717) is 17.3 Å². The van der Waals surface area contributed by atoms with Gasteiger partial charge in [0.25, 0.3) is 0 Å². The highest BCUT2D eigenvalue weighted by molar-refractivity contribution is 6.32. The van der Waals surface area contributed by atoms with E-state index in [4.69, 9.17) is 22.1 Å². The van der Waals surface area contributed by atoms with Crippen LogP contribution in [-0.4, -0.2) is 23.4 Å². The summed E-state index contributed by atoms with van der Waals surface area (Å²) >= 11 is 6.15. The first kappa shape index (κ1) is 13.9. The van der Waals surface area contributed by atoms with Crippen LogP contribution in [0.25, 0.3) is 5.69 Å². The summed E-state index contributed by atoms with van der Waals surface area (Å²) in [7, 11) is 1.60. The molecule has 0 saturated carbocycles. The fourth-order valence-electron chi connectivity index (χ4n) is 2.22. The molecule has 1 aromatic heterocycles. The van der Waals surface area contributed by atoms with E-state index < -0.39 is 0 Å². The smallest absolute Gasteiger partial charge is 0.137 e. The van der Waals surface area contributed by atoms with Gasteiger partial charge in [-0.1, -0.05) is 11.6 Å². The van der Waals surface area contributed by atoms with Crippen LogP contribution < -0.4 is 10.5 Å². The number of halogens is 1. The Hall–Kier alpha value is -1.52. The summed E-state index contributed by atoms with van der Waals surface area (Å²) in [6.45, 7) is 4.67. The second kappa shape index (κ2) is 5.63. The summed E-state index contributed by atoms with van der Waals surface area (Å²) in [5.74, 6) is 0.661. The largest absolute Gasteiger partial charge is 0.495 e. The third kappa shape index (κ3) is 2.60. The quantitative estimate of drug-likeness (QED) is 0.936. The highest BCUT2D eigenvalue weighted by atomic mass is 35.5. The monoisotopic (exact) mass is 279 g/mol. The molecular weight excluding hydrogens is 262 g/mol. The van der Waals surface area contributed by atoms with Crippen LogP contribution in [0.1, 0.15) is 17.0 Å². The molecule has 0 fully saturated rings. The van der Waals surface area contributed by atoms with Crippen molar-refractivity contribution in [3.05, 3.63) is 40.2 Å². The molecule has 1 aromatic carbocycles. The molecule has 0 aliphatic rings. The zero-order valence-corrected chi connectivity index (χ0v) is 12.2. The van der Waals surface area contributed by atoms with Crippen LogP contribution in [0.4, 0.5) is 0 Å². The minimum absolute atomic E-state index is 0.577. The third-order valence-corrected chi connectivity index (χ3v) is 3.51. The molecule has 0 spiro atoms. The second-order valence-corrected chi connectivity index (χ2v) is 4.83. The van der Waals surface area contributed by atoms with Crippen LogP contribution >= 0.6 is 11.6 Å². The Labute approximate surface area is 118 Å². The third-order valence-electron chi connectivity index (χ3n) is 3.22. The molecule has 4 nitrogen and oxygen atoms in total. The molecule has 0 unspecified atom stereocenters. The van der Waals surface area contributed by atoms with E-state index in [9.17, 15) is 0 Å². The number of ether oxygens (including phenoxy) is 1. The zero-order valence-electron chi connectivity index (χ0n) is 11.4. The maximum Gasteiger partial charge on any atom is 0.137 e. The summed E-state index contributed by atoms with van der Waals surface area (Å²) in [5.41, 5.74) is 9.87. The van der Waals surface area contributed by atoms with Crippen molar-refractivity contribution in [2.45, 2.75) is 20.3 Å². The van der Waals surface area contributed by atoms with Crippen molar-refractivity contribution in [1.29, 1.82) is 0 Å². The van der Waals surface area contributed by atoms with Gasteiger partial charge in [-0.05, 0) is 50.6 Å². The van der Waals surface area contributed by atoms with E-state index in [1.54, 1.807) is 7.11 Å². The predicted molar refractivity (Wildman–Crippen MR) is 77.4 cm³/mol. The molecule has 0 amide bonds. The van der Waals surface area contributed by atoms with Crippen molar-refractivity contribution in [2.24, 2.45) is 5.73 Å². The SMILES string of the molecule is COc1ccc(-n2nc(C)c(CCN)c2C)cc1Cl. The highest BCUT2D eigenvalue weighted by Crippen LogP contribution is 2.27. The van der Waals surface area contributed by atoms with Crippen LogP contribution in [0.3, 0.4) is 0 Å². The van der Waals surface area contributed by atoms with Crippen molar-refractivity contribution < 1.29 is 4.74 Å². The number of benzene rings is 1. The van der Waals surface area contributed by atoms with Crippen LogP contribution in [0, 0.1) is 13.8 Å². The Kier molecular flexibility index (Phi) is 4.12. The molecule has 0 saturated heterocycles. The number of hydrogen-bond donors (Lipinski definition) is 1. The van der Waals surface area contributed by atoms with Gasteiger partial charge >= 0.3 is 0 Å². The first-order chi connectivity index (χ1) is 9.08. The summed E-state index contributed by atoms with van der Waals surface area (Å²) in [6, 6.07) is 5.64. The lowest BCUT2D eigenvalue weighted by Gasteiger charge is -2.08. The average molecular weight is 280 g/mol. The van der Waals surface area contributed by atoms with Gasteiger partial charge in [-0.25, -0.2) is 4.68 Å². The topological polar surface area (TPSA) is 53.1 Å². The van der Waals surface area contributed by atoms with Crippen molar-refractivity contribution in [3.63, 3.8) is 0 Å². The maximum atomic E-state index is 6.15. The van der Waals surface area contributed by atoms with E-state index in [-0.39, 0.29) is 0 Å². The molecule has 0 atom stereocenters. The molecule has 0 radical (unpaired) electrons. The minimum atomic E-state index is 0.577. The number of aromatic nitrogens is 2. The van der Waals surface area contributed by atoms with Crippen molar-refractivity contribution in [3.8, 4) is 11.4 Å². The van der Waals surface area contributed by atoms with Gasteiger partial charge < -0.3 is 10.5 Å². The van der Waals surface area contributed by atoms with Gasteiger partial charge in [-0.3, -0.25) is 0 Å². The van der Waals surface area contributed by atoms with Crippen LogP contribution in [0.2, 0.25) is 5.02 Å². The number of aryl methyl sites for hydroxylation is 1. The summed E-state index contributed by atoms with van der Waals surface area (Å²) in [4.78, 5) is 0. The van der Waals surface area contributed by atoms with Crippen LogP contribution in [-0.2, 0) is 6.42 Å². The molecule has 19 heavy (non-hydrogen) atoms. The molecule has 0 bridgehead atoms. The van der Waals surface area contributed by atoms with Crippen molar-refractivity contribution in [2.75, 3.05) is 13.7 Å². The van der Waals surface area contributed by atoms with Crippen LogP contribution in [0.15, 0.2) is 18.2 Å². The standard InChI is InChI=1S/C14H18ClN3O/c1-9-12(6-7-16)10(2)18(17-9)11-4-5-14(19-3)13(15)8-11/h4-5,8H,6-7,16H2,1-3H3. The molecule has 0 aliphatic carbocycles. The molecule has 102 valence electrons. The van der Waals surface area contributed by atoms with Gasteiger partial charge in [0.1, 0.15) is 5.75 Å². The van der Waals surface area contributed by atoms with Crippen molar-refractivity contribution in [1.82, 2.24) is 9.78 Å². The average Bonchev–Trinajstić information content (AvgIpc) is 2.67. The minimum Gasteiger partial charge on any atom is -0.495 e. The molecule has 0 aliphatic heterocycles. The first-order valence-electron chi connectivity index (χ1n) is 6.17. The van der Waals surface area contributed by atoms with E-state index in [1.807, 2.05) is 36.7 Å². The highest BCUT2D eigenvalue weighted by Gasteiger charge is 2.13. The van der Waals surface area contributed by atoms with E-state index in [1.165, 1.54) is 5.56 Å². The van der Waals surface area contributed by atoms with Crippen LogP contribution in [0.5, 0.6) is 5.75 Å². The summed E-state index contributed by atoms with van der Waals surface area (Å²) in [6.07, 6.45) is 0.835. The Balaban J connectivity index is 2.47. The van der Waals surface area contributed by atoms with Crippen molar-refractivity contribution >= 4 is 11.6 Å². The number of hydrogen-bond acceptors (Lipinski definition) is 3. The van der Waals surface area contributed by atoms with E-state index in [0.717, 1.165) is 23.5 Å². The normalized spacial score (nSPS) is 10.8. The Bertz CT molecular complexity index is 593. The van der Waals surface area contributed by atoms with Gasteiger partial charge in [0, 0.05) is 5.69 Å². The number of methoxy groups -OCH3 is 1. The zero-order chi connectivity index (χ0) is 14.0. The first-order valence-corrected chi connectivity index (χ1v) is 6.55. The predicted octanol–water partition coefficient (Wildman–Crippen LogP) is 2.65. The molecule has 2 N–H and O–H groups in total. The van der Waals surface area contributed by atoms with Gasteiger partial charge in [0.05, 0.1) is 23.5 Å².